The maximum Gasteiger partial charge on any atom is 0.234 e. The monoisotopic (exact) mass is 409 g/mol. The molecule has 0 saturated heterocycles. The van der Waals surface area contributed by atoms with Gasteiger partial charge in [-0.05, 0) is 56.0 Å². The van der Waals surface area contributed by atoms with Crippen molar-refractivity contribution in [3.8, 4) is 0 Å². The molecule has 0 aliphatic heterocycles. The predicted molar refractivity (Wildman–Crippen MR) is 125 cm³/mol. The molecule has 29 heavy (non-hydrogen) atoms. The van der Waals surface area contributed by atoms with E-state index in [1.165, 1.54) is 43.9 Å². The lowest BCUT2D eigenvalue weighted by atomic mass is 9.95. The van der Waals surface area contributed by atoms with Crippen LogP contribution in [0.2, 0.25) is 0 Å². The Kier molecular flexibility index (Phi) is 7.76. The summed E-state index contributed by atoms with van der Waals surface area (Å²) in [6.45, 7) is 4.05. The number of hydrogen-bond donors (Lipinski definition) is 1. The highest BCUT2D eigenvalue weighted by molar-refractivity contribution is 8.14. The van der Waals surface area contributed by atoms with Crippen LogP contribution in [0.5, 0.6) is 0 Å². The molecule has 1 fully saturated rings. The molecule has 0 heterocycles. The second-order valence-electron chi connectivity index (χ2n) is 7.79. The van der Waals surface area contributed by atoms with Gasteiger partial charge in [0.2, 0.25) is 5.91 Å². The van der Waals surface area contributed by atoms with Crippen LogP contribution in [0.4, 0.5) is 11.4 Å². The molecule has 1 amide bonds. The molecule has 3 rings (SSSR count). The van der Waals surface area contributed by atoms with Crippen LogP contribution in [0.25, 0.3) is 0 Å². The zero-order valence-corrected chi connectivity index (χ0v) is 18.5. The minimum Gasteiger partial charge on any atom is -0.351 e. The summed E-state index contributed by atoms with van der Waals surface area (Å²) in [4.78, 5) is 19.8. The van der Waals surface area contributed by atoms with Crippen LogP contribution in [0.15, 0.2) is 53.5 Å². The van der Waals surface area contributed by atoms with Gasteiger partial charge in [0.25, 0.3) is 0 Å². The van der Waals surface area contributed by atoms with Crippen LogP contribution in [0.3, 0.4) is 0 Å². The Hall–Kier alpha value is -2.27. The van der Waals surface area contributed by atoms with E-state index < -0.39 is 0 Å². The van der Waals surface area contributed by atoms with Crippen molar-refractivity contribution in [1.82, 2.24) is 4.90 Å². The van der Waals surface area contributed by atoms with Crippen molar-refractivity contribution in [2.24, 2.45) is 4.99 Å². The summed E-state index contributed by atoms with van der Waals surface area (Å²) in [5.74, 6) is 0.345. The van der Waals surface area contributed by atoms with Gasteiger partial charge in [0.1, 0.15) is 0 Å². The number of aryl methyl sites for hydroxylation is 2. The van der Waals surface area contributed by atoms with Crippen LogP contribution < -0.4 is 5.32 Å². The summed E-state index contributed by atoms with van der Waals surface area (Å²) >= 11 is 1.52. The molecule has 5 heteroatoms. The molecule has 1 N–H and O–H groups in total. The number of anilines is 1. The average molecular weight is 410 g/mol. The molecular formula is C24H31N3OS. The SMILES string of the molecule is Cc1ccc(C)c(NC(=O)CSC(=Nc2ccccc2)N(C)C2CCCCC2)c1. The molecule has 0 aromatic heterocycles. The minimum absolute atomic E-state index is 0.00139. The van der Waals surface area contributed by atoms with Crippen molar-refractivity contribution in [3.63, 3.8) is 0 Å². The third kappa shape index (κ3) is 6.36. The molecule has 1 saturated carbocycles. The van der Waals surface area contributed by atoms with E-state index in [0.29, 0.717) is 11.8 Å². The smallest absolute Gasteiger partial charge is 0.234 e. The first kappa shape index (κ1) is 21.4. The van der Waals surface area contributed by atoms with Crippen molar-refractivity contribution >= 4 is 34.2 Å². The van der Waals surface area contributed by atoms with Gasteiger partial charge in [0.15, 0.2) is 5.17 Å². The van der Waals surface area contributed by atoms with Gasteiger partial charge in [0.05, 0.1) is 11.4 Å². The van der Waals surface area contributed by atoms with Gasteiger partial charge in [-0.3, -0.25) is 4.79 Å². The quantitative estimate of drug-likeness (QED) is 0.492. The van der Waals surface area contributed by atoms with Crippen LogP contribution in [0, 0.1) is 13.8 Å². The lowest BCUT2D eigenvalue weighted by Gasteiger charge is -2.33. The number of thioether (sulfide) groups is 1. The number of aliphatic imine (C=N–C) groups is 1. The third-order valence-corrected chi connectivity index (χ3v) is 6.45. The number of carbonyl (C=O) groups excluding carboxylic acids is 1. The maximum atomic E-state index is 12.6. The molecule has 4 nitrogen and oxygen atoms in total. The molecule has 1 aliphatic rings. The van der Waals surface area contributed by atoms with E-state index in [-0.39, 0.29) is 5.91 Å². The van der Waals surface area contributed by atoms with E-state index in [1.54, 1.807) is 0 Å². The van der Waals surface area contributed by atoms with Gasteiger partial charge >= 0.3 is 0 Å². The molecule has 0 spiro atoms. The number of rotatable bonds is 5. The number of hydrogen-bond acceptors (Lipinski definition) is 3. The van der Waals surface area contributed by atoms with Crippen molar-refractivity contribution in [2.75, 3.05) is 18.1 Å². The van der Waals surface area contributed by atoms with Crippen LogP contribution >= 0.6 is 11.8 Å². The molecule has 2 aromatic carbocycles. The lowest BCUT2D eigenvalue weighted by Crippen LogP contribution is -2.37. The summed E-state index contributed by atoms with van der Waals surface area (Å²) in [7, 11) is 2.12. The summed E-state index contributed by atoms with van der Waals surface area (Å²) in [6.07, 6.45) is 6.25. The van der Waals surface area contributed by atoms with E-state index in [0.717, 1.165) is 27.7 Å². The zero-order valence-electron chi connectivity index (χ0n) is 17.6. The number of para-hydroxylation sites is 1. The Morgan fingerprint density at radius 1 is 1.10 bits per heavy atom. The van der Waals surface area contributed by atoms with Gasteiger partial charge < -0.3 is 10.2 Å². The number of amides is 1. The zero-order chi connectivity index (χ0) is 20.6. The highest BCUT2D eigenvalue weighted by atomic mass is 32.2. The van der Waals surface area contributed by atoms with Crippen LogP contribution in [0.1, 0.15) is 43.2 Å². The molecule has 0 bridgehead atoms. The van der Waals surface area contributed by atoms with Gasteiger partial charge in [0, 0.05) is 18.8 Å². The highest BCUT2D eigenvalue weighted by Gasteiger charge is 2.22. The minimum atomic E-state index is 0.00139. The number of carbonyl (C=O) groups is 1. The van der Waals surface area contributed by atoms with E-state index in [2.05, 4.69) is 23.3 Å². The number of benzene rings is 2. The fourth-order valence-corrected chi connectivity index (χ4v) is 4.49. The highest BCUT2D eigenvalue weighted by Crippen LogP contribution is 2.26. The van der Waals surface area contributed by atoms with Crippen LogP contribution in [-0.2, 0) is 4.79 Å². The van der Waals surface area contributed by atoms with Crippen LogP contribution in [-0.4, -0.2) is 34.8 Å². The Bertz CT molecular complexity index is 844. The molecule has 1 aliphatic carbocycles. The molecule has 0 atom stereocenters. The Balaban J connectivity index is 1.70. The standard InChI is InChI=1S/C24H31N3OS/c1-18-14-15-19(2)22(16-18)26-23(28)17-29-24(25-20-10-6-4-7-11-20)27(3)21-12-8-5-9-13-21/h4,6-7,10-11,14-16,21H,5,8-9,12-13,17H2,1-3H3,(H,26,28). The first-order valence-corrected chi connectivity index (χ1v) is 11.4. The lowest BCUT2D eigenvalue weighted by molar-refractivity contribution is -0.113. The third-order valence-electron chi connectivity index (χ3n) is 5.40. The number of nitrogens with one attached hydrogen (secondary N) is 1. The molecule has 154 valence electrons. The normalized spacial score (nSPS) is 15.2. The summed E-state index contributed by atoms with van der Waals surface area (Å²) in [5, 5.41) is 3.97. The Labute approximate surface area is 178 Å². The average Bonchev–Trinajstić information content (AvgIpc) is 2.74. The van der Waals surface area contributed by atoms with E-state index in [9.17, 15) is 4.79 Å². The van der Waals surface area contributed by atoms with Gasteiger partial charge in [-0.15, -0.1) is 0 Å². The second-order valence-corrected chi connectivity index (χ2v) is 8.73. The largest absolute Gasteiger partial charge is 0.351 e. The number of amidine groups is 1. The van der Waals surface area contributed by atoms with E-state index in [4.69, 9.17) is 4.99 Å². The fraction of sp³-hybridized carbons (Fsp3) is 0.417. The second kappa shape index (κ2) is 10.5. The first-order chi connectivity index (χ1) is 14.0. The van der Waals surface area contributed by atoms with Crippen molar-refractivity contribution in [2.45, 2.75) is 52.0 Å². The first-order valence-electron chi connectivity index (χ1n) is 10.4. The molecular weight excluding hydrogens is 378 g/mol. The van der Waals surface area contributed by atoms with Gasteiger partial charge in [-0.1, -0.05) is 61.4 Å². The van der Waals surface area contributed by atoms with Crippen molar-refractivity contribution in [3.05, 3.63) is 59.7 Å². The van der Waals surface area contributed by atoms with Gasteiger partial charge in [-0.2, -0.15) is 0 Å². The van der Waals surface area contributed by atoms with Crippen molar-refractivity contribution in [1.29, 1.82) is 0 Å². The Morgan fingerprint density at radius 2 is 1.83 bits per heavy atom. The predicted octanol–water partition coefficient (Wildman–Crippen LogP) is 5.93. The summed E-state index contributed by atoms with van der Waals surface area (Å²) < 4.78 is 0. The van der Waals surface area contributed by atoms with Gasteiger partial charge in [-0.25, -0.2) is 4.99 Å². The van der Waals surface area contributed by atoms with E-state index in [1.807, 2.05) is 56.3 Å². The summed E-state index contributed by atoms with van der Waals surface area (Å²) in [6, 6.07) is 16.6. The maximum absolute atomic E-state index is 12.6. The number of nitrogens with zero attached hydrogens (tertiary/aromatic N) is 2. The van der Waals surface area contributed by atoms with E-state index >= 15 is 0 Å². The fourth-order valence-electron chi connectivity index (χ4n) is 3.64. The molecule has 0 radical (unpaired) electrons. The van der Waals surface area contributed by atoms with Crippen molar-refractivity contribution < 1.29 is 4.79 Å². The molecule has 2 aromatic rings. The Morgan fingerprint density at radius 3 is 2.55 bits per heavy atom. The summed E-state index contributed by atoms with van der Waals surface area (Å²) in [5.41, 5.74) is 4.03. The topological polar surface area (TPSA) is 44.7 Å². The molecule has 0 unspecified atom stereocenters.